The summed E-state index contributed by atoms with van der Waals surface area (Å²) >= 11 is 0. The Hall–Kier alpha value is -1.40. The fourth-order valence-electron chi connectivity index (χ4n) is 1.41. The predicted octanol–water partition coefficient (Wildman–Crippen LogP) is 3.46. The van der Waals surface area contributed by atoms with Crippen LogP contribution in [0.1, 0.15) is 32.2 Å². The van der Waals surface area contributed by atoms with Crippen molar-refractivity contribution in [2.45, 2.75) is 52.1 Å². The van der Waals surface area contributed by atoms with E-state index in [0.717, 1.165) is 11.4 Å². The van der Waals surface area contributed by atoms with Crippen LogP contribution in [0.2, 0.25) is 18.1 Å². The van der Waals surface area contributed by atoms with Crippen molar-refractivity contribution >= 4 is 14.4 Å². The SMILES string of the molecule is COC(=O)NCc1cccc(CO[Si](C)(C)C(C)(C)C)n1. The maximum absolute atomic E-state index is 11.1. The Morgan fingerprint density at radius 2 is 1.90 bits per heavy atom. The lowest BCUT2D eigenvalue weighted by Crippen LogP contribution is -2.40. The number of methoxy groups -OCH3 is 1. The number of carbonyl (C=O) groups excluding carboxylic acids is 1. The molecule has 21 heavy (non-hydrogen) atoms. The zero-order valence-electron chi connectivity index (χ0n) is 13.8. The van der Waals surface area contributed by atoms with Gasteiger partial charge in [0.1, 0.15) is 0 Å². The molecule has 0 saturated carbocycles. The summed E-state index contributed by atoms with van der Waals surface area (Å²) in [5.74, 6) is 0. The molecule has 0 aliphatic heterocycles. The van der Waals surface area contributed by atoms with E-state index >= 15 is 0 Å². The van der Waals surface area contributed by atoms with Crippen LogP contribution < -0.4 is 5.32 Å². The second kappa shape index (κ2) is 7.04. The number of nitrogens with zero attached hydrogens (tertiary/aromatic N) is 1. The number of carbonyl (C=O) groups is 1. The predicted molar refractivity (Wildman–Crippen MR) is 85.5 cm³/mol. The van der Waals surface area contributed by atoms with E-state index in [9.17, 15) is 4.79 Å². The van der Waals surface area contributed by atoms with Gasteiger partial charge in [-0.05, 0) is 30.3 Å². The van der Waals surface area contributed by atoms with E-state index < -0.39 is 14.4 Å². The fourth-order valence-corrected chi connectivity index (χ4v) is 2.36. The van der Waals surface area contributed by atoms with Gasteiger partial charge in [0.15, 0.2) is 8.32 Å². The van der Waals surface area contributed by atoms with Gasteiger partial charge in [-0.15, -0.1) is 0 Å². The molecule has 1 aromatic rings. The first-order valence-corrected chi connectivity index (χ1v) is 9.97. The second-order valence-corrected chi connectivity index (χ2v) is 11.3. The molecule has 1 heterocycles. The third-order valence-corrected chi connectivity index (χ3v) is 8.33. The Labute approximate surface area is 128 Å². The number of amides is 1. The Morgan fingerprint density at radius 1 is 1.29 bits per heavy atom. The van der Waals surface area contributed by atoms with Crippen LogP contribution in [0.15, 0.2) is 18.2 Å². The standard InChI is InChI=1S/C15H26N2O3Si/c1-15(2,3)21(5,6)20-11-13-9-7-8-12(17-13)10-16-14(18)19-4/h7-9H,10-11H2,1-6H3,(H,16,18). The van der Waals surface area contributed by atoms with Crippen LogP contribution in [-0.2, 0) is 22.3 Å². The van der Waals surface area contributed by atoms with Crippen LogP contribution in [0, 0.1) is 0 Å². The van der Waals surface area contributed by atoms with Crippen LogP contribution in [0.5, 0.6) is 0 Å². The number of aromatic nitrogens is 1. The van der Waals surface area contributed by atoms with Gasteiger partial charge in [0, 0.05) is 0 Å². The quantitative estimate of drug-likeness (QED) is 0.846. The summed E-state index contributed by atoms with van der Waals surface area (Å²) in [6.45, 7) is 11.9. The molecule has 1 aromatic heterocycles. The molecule has 0 saturated heterocycles. The van der Waals surface area contributed by atoms with Crippen LogP contribution in [0.25, 0.3) is 0 Å². The van der Waals surface area contributed by atoms with E-state index in [0.29, 0.717) is 13.2 Å². The number of alkyl carbamates (subject to hydrolysis) is 1. The van der Waals surface area contributed by atoms with Crippen LogP contribution in [0.3, 0.4) is 0 Å². The van der Waals surface area contributed by atoms with Crippen molar-refractivity contribution in [2.75, 3.05) is 7.11 Å². The molecule has 118 valence electrons. The molecule has 0 aliphatic carbocycles. The number of ether oxygens (including phenoxy) is 1. The van der Waals surface area contributed by atoms with Crippen LogP contribution >= 0.6 is 0 Å². The van der Waals surface area contributed by atoms with Gasteiger partial charge >= 0.3 is 6.09 Å². The van der Waals surface area contributed by atoms with Gasteiger partial charge in [-0.25, -0.2) is 4.79 Å². The molecule has 0 aliphatic rings. The fraction of sp³-hybridized carbons (Fsp3) is 0.600. The average molecular weight is 310 g/mol. The number of rotatable bonds is 5. The Bertz CT molecular complexity index is 484. The van der Waals surface area contributed by atoms with Crippen LogP contribution in [0.4, 0.5) is 4.79 Å². The molecular formula is C15H26N2O3Si. The minimum Gasteiger partial charge on any atom is -0.453 e. The lowest BCUT2D eigenvalue weighted by atomic mass is 10.2. The molecule has 1 amide bonds. The molecule has 0 unspecified atom stereocenters. The van der Waals surface area contributed by atoms with E-state index in [1.165, 1.54) is 7.11 Å². The normalized spacial score (nSPS) is 12.1. The molecule has 6 heteroatoms. The molecule has 0 fully saturated rings. The van der Waals surface area contributed by atoms with Gasteiger partial charge in [-0.2, -0.15) is 0 Å². The highest BCUT2D eigenvalue weighted by molar-refractivity contribution is 6.74. The molecule has 5 nitrogen and oxygen atoms in total. The van der Waals surface area contributed by atoms with Crippen LogP contribution in [-0.4, -0.2) is 26.5 Å². The van der Waals surface area contributed by atoms with Crippen molar-refractivity contribution in [3.8, 4) is 0 Å². The van der Waals surface area contributed by atoms with E-state index in [2.05, 4.69) is 48.9 Å². The van der Waals surface area contributed by atoms with Gasteiger partial charge in [-0.3, -0.25) is 4.98 Å². The first kappa shape index (κ1) is 17.6. The van der Waals surface area contributed by atoms with Gasteiger partial charge in [-0.1, -0.05) is 26.8 Å². The van der Waals surface area contributed by atoms with E-state index in [4.69, 9.17) is 4.43 Å². The van der Waals surface area contributed by atoms with Crippen molar-refractivity contribution in [1.29, 1.82) is 0 Å². The lowest BCUT2D eigenvalue weighted by molar-refractivity contribution is 0.170. The number of pyridine rings is 1. The van der Waals surface area contributed by atoms with Gasteiger partial charge in [0.25, 0.3) is 0 Å². The zero-order valence-corrected chi connectivity index (χ0v) is 14.8. The lowest BCUT2D eigenvalue weighted by Gasteiger charge is -2.36. The first-order chi connectivity index (χ1) is 9.65. The number of hydrogen-bond donors (Lipinski definition) is 1. The third-order valence-electron chi connectivity index (χ3n) is 3.85. The summed E-state index contributed by atoms with van der Waals surface area (Å²) in [6.07, 6.45) is -0.459. The zero-order chi connectivity index (χ0) is 16.1. The van der Waals surface area contributed by atoms with E-state index in [1.54, 1.807) is 0 Å². The summed E-state index contributed by atoms with van der Waals surface area (Å²) in [7, 11) is -0.437. The second-order valence-electron chi connectivity index (χ2n) is 6.51. The van der Waals surface area contributed by atoms with Gasteiger partial charge in [0.2, 0.25) is 0 Å². The summed E-state index contributed by atoms with van der Waals surface area (Å²) < 4.78 is 10.7. The highest BCUT2D eigenvalue weighted by Gasteiger charge is 2.37. The van der Waals surface area contributed by atoms with E-state index in [-0.39, 0.29) is 5.04 Å². The van der Waals surface area contributed by atoms with Crippen molar-refractivity contribution in [3.05, 3.63) is 29.6 Å². The molecular weight excluding hydrogens is 284 g/mol. The largest absolute Gasteiger partial charge is 0.453 e. The highest BCUT2D eigenvalue weighted by Crippen LogP contribution is 2.36. The minimum absolute atomic E-state index is 0.178. The smallest absolute Gasteiger partial charge is 0.407 e. The molecule has 0 aromatic carbocycles. The summed E-state index contributed by atoms with van der Waals surface area (Å²) in [5, 5.41) is 2.79. The topological polar surface area (TPSA) is 60.5 Å². The third kappa shape index (κ3) is 5.47. The van der Waals surface area contributed by atoms with Crippen molar-refractivity contribution in [2.24, 2.45) is 0 Å². The molecule has 0 radical (unpaired) electrons. The summed E-state index contributed by atoms with van der Waals surface area (Å²) in [5.41, 5.74) is 1.67. The Balaban J connectivity index is 2.63. The van der Waals surface area contributed by atoms with Crippen molar-refractivity contribution in [1.82, 2.24) is 10.3 Å². The van der Waals surface area contributed by atoms with Gasteiger partial charge < -0.3 is 14.5 Å². The van der Waals surface area contributed by atoms with E-state index in [1.807, 2.05) is 18.2 Å². The summed E-state index contributed by atoms with van der Waals surface area (Å²) in [4.78, 5) is 15.5. The number of nitrogens with one attached hydrogen (secondary N) is 1. The monoisotopic (exact) mass is 310 g/mol. The average Bonchev–Trinajstić information content (AvgIpc) is 2.42. The Kier molecular flexibility index (Phi) is 5.92. The molecule has 0 atom stereocenters. The molecule has 1 rings (SSSR count). The first-order valence-electron chi connectivity index (χ1n) is 7.06. The highest BCUT2D eigenvalue weighted by atomic mass is 28.4. The molecule has 0 bridgehead atoms. The number of hydrogen-bond acceptors (Lipinski definition) is 4. The maximum Gasteiger partial charge on any atom is 0.407 e. The van der Waals surface area contributed by atoms with Crippen molar-refractivity contribution in [3.63, 3.8) is 0 Å². The maximum atomic E-state index is 11.1. The van der Waals surface area contributed by atoms with Crippen molar-refractivity contribution < 1.29 is 14.0 Å². The Morgan fingerprint density at radius 3 is 2.48 bits per heavy atom. The summed E-state index contributed by atoms with van der Waals surface area (Å²) in [6, 6.07) is 5.73. The molecule has 1 N–H and O–H groups in total. The minimum atomic E-state index is -1.78. The van der Waals surface area contributed by atoms with Gasteiger partial charge in [0.05, 0.1) is 31.6 Å². The molecule has 0 spiro atoms.